The third-order valence-corrected chi connectivity index (χ3v) is 4.14. The van der Waals surface area contributed by atoms with Gasteiger partial charge in [-0.3, -0.25) is 4.98 Å². The number of rotatable bonds is 4. The quantitative estimate of drug-likeness (QED) is 0.924. The second-order valence-corrected chi connectivity index (χ2v) is 6.03. The fourth-order valence-electron chi connectivity index (χ4n) is 3.00. The lowest BCUT2D eigenvalue weighted by Gasteiger charge is -2.12. The highest BCUT2D eigenvalue weighted by atomic mass is 15.1. The van der Waals surface area contributed by atoms with Crippen molar-refractivity contribution in [3.8, 4) is 0 Å². The third-order valence-electron chi connectivity index (χ3n) is 4.14. The summed E-state index contributed by atoms with van der Waals surface area (Å²) < 4.78 is 0. The number of nitrogens with zero attached hydrogens (tertiary/aromatic N) is 2. The van der Waals surface area contributed by atoms with E-state index >= 15 is 0 Å². The number of aromatic nitrogens is 1. The Labute approximate surface area is 121 Å². The van der Waals surface area contributed by atoms with Crippen LogP contribution >= 0.6 is 0 Å². The molecule has 3 rings (SSSR count). The Kier molecular flexibility index (Phi) is 3.99. The molecule has 3 nitrogen and oxygen atoms in total. The summed E-state index contributed by atoms with van der Waals surface area (Å²) in [5.74, 6) is 0.810. The van der Waals surface area contributed by atoms with E-state index in [1.54, 1.807) is 0 Å². The van der Waals surface area contributed by atoms with E-state index in [0.717, 1.165) is 30.2 Å². The fourth-order valence-corrected chi connectivity index (χ4v) is 3.00. The standard InChI is InChI=1S/C17H23N3/c1-13-3-5-16-9-14(4-6-17(16)19-13)10-18-11-15-7-8-20(2)12-15/h3-6,9,15,18H,7-8,10-12H2,1-2H3. The lowest BCUT2D eigenvalue weighted by molar-refractivity contribution is 0.388. The number of hydrogen-bond donors (Lipinski definition) is 1. The fraction of sp³-hybridized carbons (Fsp3) is 0.471. The van der Waals surface area contributed by atoms with Crippen molar-refractivity contribution in [2.24, 2.45) is 5.92 Å². The zero-order chi connectivity index (χ0) is 13.9. The topological polar surface area (TPSA) is 28.2 Å². The number of fused-ring (bicyclic) bond motifs is 1. The number of likely N-dealkylation sites (tertiary alicyclic amines) is 1. The van der Waals surface area contributed by atoms with Gasteiger partial charge in [-0.2, -0.15) is 0 Å². The molecule has 1 aliphatic heterocycles. The number of pyridine rings is 1. The van der Waals surface area contributed by atoms with Gasteiger partial charge in [0.05, 0.1) is 5.52 Å². The molecule has 0 radical (unpaired) electrons. The van der Waals surface area contributed by atoms with Crippen molar-refractivity contribution in [1.29, 1.82) is 0 Å². The number of nitrogens with one attached hydrogen (secondary N) is 1. The van der Waals surface area contributed by atoms with E-state index in [9.17, 15) is 0 Å². The Balaban J connectivity index is 1.59. The SMILES string of the molecule is Cc1ccc2cc(CNCC3CCN(C)C3)ccc2n1. The Morgan fingerprint density at radius 3 is 3.00 bits per heavy atom. The van der Waals surface area contributed by atoms with Crippen LogP contribution in [0.4, 0.5) is 0 Å². The first-order valence-corrected chi connectivity index (χ1v) is 7.46. The van der Waals surface area contributed by atoms with Gasteiger partial charge in [-0.15, -0.1) is 0 Å². The molecule has 1 atom stereocenters. The molecule has 106 valence electrons. The summed E-state index contributed by atoms with van der Waals surface area (Å²) in [5.41, 5.74) is 3.51. The molecule has 1 unspecified atom stereocenters. The van der Waals surface area contributed by atoms with Gasteiger partial charge in [0.2, 0.25) is 0 Å². The van der Waals surface area contributed by atoms with Gasteiger partial charge in [0.25, 0.3) is 0 Å². The lowest BCUT2D eigenvalue weighted by atomic mass is 10.1. The summed E-state index contributed by atoms with van der Waals surface area (Å²) in [4.78, 5) is 6.96. The van der Waals surface area contributed by atoms with Crippen molar-refractivity contribution >= 4 is 10.9 Å². The molecule has 0 bridgehead atoms. The molecule has 3 heteroatoms. The van der Waals surface area contributed by atoms with Gasteiger partial charge in [0.1, 0.15) is 0 Å². The van der Waals surface area contributed by atoms with Gasteiger partial charge in [-0.25, -0.2) is 0 Å². The van der Waals surface area contributed by atoms with E-state index in [0.29, 0.717) is 0 Å². The molecule has 0 saturated carbocycles. The molecule has 2 heterocycles. The molecule has 0 amide bonds. The van der Waals surface area contributed by atoms with Gasteiger partial charge < -0.3 is 10.2 Å². The molecular formula is C17H23N3. The first-order valence-electron chi connectivity index (χ1n) is 7.46. The van der Waals surface area contributed by atoms with Gasteiger partial charge >= 0.3 is 0 Å². The van der Waals surface area contributed by atoms with Crippen molar-refractivity contribution in [3.63, 3.8) is 0 Å². The van der Waals surface area contributed by atoms with Crippen LogP contribution in [0.5, 0.6) is 0 Å². The highest BCUT2D eigenvalue weighted by Crippen LogP contribution is 2.16. The Morgan fingerprint density at radius 2 is 2.20 bits per heavy atom. The zero-order valence-corrected chi connectivity index (χ0v) is 12.4. The normalized spacial score (nSPS) is 19.8. The first-order chi connectivity index (χ1) is 9.70. The minimum absolute atomic E-state index is 0.810. The summed E-state index contributed by atoms with van der Waals surface area (Å²) >= 11 is 0. The van der Waals surface area contributed by atoms with E-state index in [2.05, 4.69) is 52.6 Å². The van der Waals surface area contributed by atoms with Crippen molar-refractivity contribution in [2.75, 3.05) is 26.7 Å². The summed E-state index contributed by atoms with van der Waals surface area (Å²) in [7, 11) is 2.21. The summed E-state index contributed by atoms with van der Waals surface area (Å²) in [5, 5.41) is 4.83. The zero-order valence-electron chi connectivity index (χ0n) is 12.4. The minimum atomic E-state index is 0.810. The summed E-state index contributed by atoms with van der Waals surface area (Å²) in [6, 6.07) is 10.8. The van der Waals surface area contributed by atoms with Gasteiger partial charge in [-0.1, -0.05) is 12.1 Å². The maximum atomic E-state index is 4.54. The Bertz CT molecular complexity index is 594. The molecule has 1 saturated heterocycles. The van der Waals surface area contributed by atoms with Crippen LogP contribution in [0.1, 0.15) is 17.7 Å². The monoisotopic (exact) mass is 269 g/mol. The summed E-state index contributed by atoms with van der Waals surface area (Å²) in [6.07, 6.45) is 1.32. The van der Waals surface area contributed by atoms with Gasteiger partial charge in [0.15, 0.2) is 0 Å². The number of hydrogen-bond acceptors (Lipinski definition) is 3. The smallest absolute Gasteiger partial charge is 0.0705 e. The predicted molar refractivity (Wildman–Crippen MR) is 83.8 cm³/mol. The van der Waals surface area contributed by atoms with Crippen LogP contribution in [-0.4, -0.2) is 36.6 Å². The number of benzene rings is 1. The molecule has 1 aromatic carbocycles. The number of aryl methyl sites for hydroxylation is 1. The van der Waals surface area contributed by atoms with Crippen molar-refractivity contribution < 1.29 is 0 Å². The maximum absolute atomic E-state index is 4.54. The average Bonchev–Trinajstić information content (AvgIpc) is 2.85. The van der Waals surface area contributed by atoms with E-state index in [1.807, 2.05) is 6.92 Å². The van der Waals surface area contributed by atoms with Crippen LogP contribution in [0.3, 0.4) is 0 Å². The first kappa shape index (κ1) is 13.5. The summed E-state index contributed by atoms with van der Waals surface area (Å²) in [6.45, 7) is 6.58. The predicted octanol–water partition coefficient (Wildman–Crippen LogP) is 2.58. The van der Waals surface area contributed by atoms with Crippen molar-refractivity contribution in [3.05, 3.63) is 41.6 Å². The molecule has 1 aromatic heterocycles. The molecule has 2 aromatic rings. The molecule has 1 N–H and O–H groups in total. The Hall–Kier alpha value is -1.45. The molecule has 0 spiro atoms. The van der Waals surface area contributed by atoms with Gasteiger partial charge in [0, 0.05) is 24.2 Å². The largest absolute Gasteiger partial charge is 0.312 e. The van der Waals surface area contributed by atoms with Crippen LogP contribution in [0.25, 0.3) is 10.9 Å². The van der Waals surface area contributed by atoms with E-state index in [1.165, 1.54) is 30.5 Å². The maximum Gasteiger partial charge on any atom is 0.0705 e. The minimum Gasteiger partial charge on any atom is -0.312 e. The van der Waals surface area contributed by atoms with Crippen LogP contribution in [-0.2, 0) is 6.54 Å². The molecule has 1 fully saturated rings. The average molecular weight is 269 g/mol. The second-order valence-electron chi connectivity index (χ2n) is 6.03. The highest BCUT2D eigenvalue weighted by Gasteiger charge is 2.18. The highest BCUT2D eigenvalue weighted by molar-refractivity contribution is 5.79. The van der Waals surface area contributed by atoms with Crippen molar-refractivity contribution in [1.82, 2.24) is 15.2 Å². The van der Waals surface area contributed by atoms with Gasteiger partial charge in [-0.05, 0) is 63.2 Å². The van der Waals surface area contributed by atoms with E-state index in [-0.39, 0.29) is 0 Å². The third kappa shape index (κ3) is 3.17. The second kappa shape index (κ2) is 5.90. The van der Waals surface area contributed by atoms with Crippen LogP contribution < -0.4 is 5.32 Å². The molecule has 1 aliphatic rings. The van der Waals surface area contributed by atoms with Crippen LogP contribution in [0.2, 0.25) is 0 Å². The van der Waals surface area contributed by atoms with Crippen LogP contribution in [0, 0.1) is 12.8 Å². The van der Waals surface area contributed by atoms with E-state index < -0.39 is 0 Å². The molecular weight excluding hydrogens is 246 g/mol. The van der Waals surface area contributed by atoms with Crippen molar-refractivity contribution in [2.45, 2.75) is 19.9 Å². The molecule has 0 aliphatic carbocycles. The lowest BCUT2D eigenvalue weighted by Crippen LogP contribution is -2.24. The molecule has 20 heavy (non-hydrogen) atoms. The Morgan fingerprint density at radius 1 is 1.30 bits per heavy atom. The van der Waals surface area contributed by atoms with Crippen LogP contribution in [0.15, 0.2) is 30.3 Å². The van der Waals surface area contributed by atoms with E-state index in [4.69, 9.17) is 0 Å².